The standard InChI is InChI=1S/C25H30N2O5/c1-2-31-25(30)32-21-14-12-19(13-15-21)24(29)27-22-11-7-6-10-20(22)17-26-23(28)16-18-8-4-3-5-9-18/h6-7,10-15,18H,2-5,8-9,16-17H2,1H3,(H,26,28)(H,27,29). The minimum absolute atomic E-state index is 0.0511. The fourth-order valence-electron chi connectivity index (χ4n) is 3.83. The van der Waals surface area contributed by atoms with E-state index in [4.69, 9.17) is 9.47 Å². The maximum Gasteiger partial charge on any atom is 0.513 e. The van der Waals surface area contributed by atoms with Crippen LogP contribution in [0.15, 0.2) is 48.5 Å². The lowest BCUT2D eigenvalue weighted by atomic mass is 9.87. The van der Waals surface area contributed by atoms with Crippen LogP contribution in [0.1, 0.15) is 61.4 Å². The Balaban J connectivity index is 1.55. The fourth-order valence-corrected chi connectivity index (χ4v) is 3.83. The summed E-state index contributed by atoms with van der Waals surface area (Å²) in [4.78, 5) is 36.4. The van der Waals surface area contributed by atoms with Gasteiger partial charge in [-0.25, -0.2) is 4.79 Å². The molecule has 2 aromatic rings. The fraction of sp³-hybridized carbons (Fsp3) is 0.400. The molecule has 0 radical (unpaired) electrons. The van der Waals surface area contributed by atoms with Gasteiger partial charge < -0.3 is 20.1 Å². The molecule has 1 fully saturated rings. The monoisotopic (exact) mass is 438 g/mol. The number of anilines is 1. The van der Waals surface area contributed by atoms with Crippen molar-refractivity contribution < 1.29 is 23.9 Å². The largest absolute Gasteiger partial charge is 0.513 e. The van der Waals surface area contributed by atoms with Crippen LogP contribution in [0.4, 0.5) is 10.5 Å². The average Bonchev–Trinajstić information content (AvgIpc) is 2.80. The first kappa shape index (κ1) is 23.3. The summed E-state index contributed by atoms with van der Waals surface area (Å²) in [6.45, 7) is 2.27. The maximum atomic E-state index is 12.7. The normalized spacial score (nSPS) is 13.8. The van der Waals surface area contributed by atoms with Crippen LogP contribution in [0, 0.1) is 5.92 Å². The van der Waals surface area contributed by atoms with Gasteiger partial charge in [-0.3, -0.25) is 9.59 Å². The zero-order valence-corrected chi connectivity index (χ0v) is 18.4. The number of hydrogen-bond acceptors (Lipinski definition) is 5. The van der Waals surface area contributed by atoms with E-state index in [1.807, 2.05) is 18.2 Å². The molecule has 7 heteroatoms. The Hall–Kier alpha value is -3.35. The van der Waals surface area contributed by atoms with E-state index in [2.05, 4.69) is 10.6 Å². The summed E-state index contributed by atoms with van der Waals surface area (Å²) in [6.07, 6.45) is 5.73. The van der Waals surface area contributed by atoms with Crippen molar-refractivity contribution in [3.8, 4) is 5.75 Å². The Bertz CT molecular complexity index is 920. The molecule has 3 rings (SSSR count). The summed E-state index contributed by atoms with van der Waals surface area (Å²) in [7, 11) is 0. The van der Waals surface area contributed by atoms with Crippen molar-refractivity contribution >= 4 is 23.7 Å². The van der Waals surface area contributed by atoms with Gasteiger partial charge >= 0.3 is 6.16 Å². The Kier molecular flexibility index (Phi) is 8.66. The molecule has 2 amide bonds. The molecule has 7 nitrogen and oxygen atoms in total. The van der Waals surface area contributed by atoms with Gasteiger partial charge in [-0.05, 0) is 61.6 Å². The van der Waals surface area contributed by atoms with Gasteiger partial charge in [0.15, 0.2) is 0 Å². The highest BCUT2D eigenvalue weighted by Gasteiger charge is 2.17. The van der Waals surface area contributed by atoms with Crippen LogP contribution in [0.2, 0.25) is 0 Å². The SMILES string of the molecule is CCOC(=O)Oc1ccc(C(=O)Nc2ccccc2CNC(=O)CC2CCCCC2)cc1. The zero-order valence-electron chi connectivity index (χ0n) is 18.4. The minimum atomic E-state index is -0.788. The first-order valence-electron chi connectivity index (χ1n) is 11.2. The van der Waals surface area contributed by atoms with Crippen molar-refractivity contribution in [3.05, 3.63) is 59.7 Å². The highest BCUT2D eigenvalue weighted by atomic mass is 16.7. The number of para-hydroxylation sites is 1. The molecule has 2 N–H and O–H groups in total. The minimum Gasteiger partial charge on any atom is -0.434 e. The number of hydrogen-bond donors (Lipinski definition) is 2. The summed E-state index contributed by atoms with van der Waals surface area (Å²) in [5.41, 5.74) is 1.89. The second kappa shape index (κ2) is 11.9. The number of carbonyl (C=O) groups is 3. The van der Waals surface area contributed by atoms with Crippen molar-refractivity contribution in [2.45, 2.75) is 52.0 Å². The summed E-state index contributed by atoms with van der Waals surface area (Å²) in [5, 5.41) is 5.87. The zero-order chi connectivity index (χ0) is 22.8. The smallest absolute Gasteiger partial charge is 0.434 e. The van der Waals surface area contributed by atoms with Gasteiger partial charge in [0.05, 0.1) is 6.61 Å². The first-order valence-corrected chi connectivity index (χ1v) is 11.2. The Morgan fingerprint density at radius 2 is 1.69 bits per heavy atom. The van der Waals surface area contributed by atoms with Gasteiger partial charge in [0, 0.05) is 24.2 Å². The third-order valence-electron chi connectivity index (χ3n) is 5.52. The average molecular weight is 439 g/mol. The van der Waals surface area contributed by atoms with Crippen molar-refractivity contribution in [1.82, 2.24) is 5.32 Å². The van der Waals surface area contributed by atoms with E-state index in [1.54, 1.807) is 25.1 Å². The number of amides is 2. The van der Waals surface area contributed by atoms with Gasteiger partial charge in [0.2, 0.25) is 5.91 Å². The third-order valence-corrected chi connectivity index (χ3v) is 5.52. The van der Waals surface area contributed by atoms with Gasteiger partial charge in [-0.2, -0.15) is 0 Å². The number of carbonyl (C=O) groups excluding carboxylic acids is 3. The van der Waals surface area contributed by atoms with Crippen molar-refractivity contribution in [1.29, 1.82) is 0 Å². The number of ether oxygens (including phenoxy) is 2. The molecule has 1 saturated carbocycles. The van der Waals surface area contributed by atoms with Crippen LogP contribution in [0.5, 0.6) is 5.75 Å². The van der Waals surface area contributed by atoms with Crippen LogP contribution >= 0.6 is 0 Å². The molecular formula is C25H30N2O5. The lowest BCUT2D eigenvalue weighted by molar-refractivity contribution is -0.122. The molecular weight excluding hydrogens is 408 g/mol. The summed E-state index contributed by atoms with van der Waals surface area (Å²) >= 11 is 0. The molecule has 170 valence electrons. The van der Waals surface area contributed by atoms with E-state index >= 15 is 0 Å². The van der Waals surface area contributed by atoms with Gasteiger partial charge in [0.1, 0.15) is 5.75 Å². The number of benzene rings is 2. The lowest BCUT2D eigenvalue weighted by Gasteiger charge is -2.21. The highest BCUT2D eigenvalue weighted by Crippen LogP contribution is 2.26. The van der Waals surface area contributed by atoms with E-state index in [0.717, 1.165) is 18.4 Å². The Morgan fingerprint density at radius 3 is 2.41 bits per heavy atom. The molecule has 2 aromatic carbocycles. The quantitative estimate of drug-likeness (QED) is 0.444. The molecule has 0 heterocycles. The predicted octanol–water partition coefficient (Wildman–Crippen LogP) is 5.06. The van der Waals surface area contributed by atoms with Gasteiger partial charge in [-0.15, -0.1) is 0 Å². The summed E-state index contributed by atoms with van der Waals surface area (Å²) in [6, 6.07) is 13.6. The molecule has 0 aliphatic heterocycles. The molecule has 0 saturated heterocycles. The van der Waals surface area contributed by atoms with Crippen LogP contribution in [-0.4, -0.2) is 24.6 Å². The number of nitrogens with one attached hydrogen (secondary N) is 2. The molecule has 1 aliphatic carbocycles. The van der Waals surface area contributed by atoms with Crippen LogP contribution in [0.3, 0.4) is 0 Å². The molecule has 0 unspecified atom stereocenters. The van der Waals surface area contributed by atoms with Gasteiger partial charge in [-0.1, -0.05) is 37.5 Å². The third kappa shape index (κ3) is 7.11. The molecule has 0 atom stereocenters. The van der Waals surface area contributed by atoms with Crippen LogP contribution in [-0.2, 0) is 16.1 Å². The second-order valence-electron chi connectivity index (χ2n) is 7.91. The molecule has 0 spiro atoms. The number of rotatable bonds is 8. The molecule has 32 heavy (non-hydrogen) atoms. The second-order valence-corrected chi connectivity index (χ2v) is 7.91. The van der Waals surface area contributed by atoms with Crippen molar-refractivity contribution in [3.63, 3.8) is 0 Å². The van der Waals surface area contributed by atoms with Crippen LogP contribution in [0.25, 0.3) is 0 Å². The van der Waals surface area contributed by atoms with E-state index in [0.29, 0.717) is 35.9 Å². The molecule has 0 bridgehead atoms. The maximum absolute atomic E-state index is 12.7. The van der Waals surface area contributed by atoms with Crippen LogP contribution < -0.4 is 15.4 Å². The predicted molar refractivity (Wildman–Crippen MR) is 122 cm³/mol. The van der Waals surface area contributed by atoms with E-state index in [-0.39, 0.29) is 18.4 Å². The Morgan fingerprint density at radius 1 is 0.969 bits per heavy atom. The first-order chi connectivity index (χ1) is 15.5. The van der Waals surface area contributed by atoms with E-state index < -0.39 is 6.16 Å². The van der Waals surface area contributed by atoms with Crippen molar-refractivity contribution in [2.24, 2.45) is 5.92 Å². The lowest BCUT2D eigenvalue weighted by Crippen LogP contribution is -2.26. The topological polar surface area (TPSA) is 93.7 Å². The van der Waals surface area contributed by atoms with E-state index in [9.17, 15) is 14.4 Å². The van der Waals surface area contributed by atoms with E-state index in [1.165, 1.54) is 31.4 Å². The molecule has 1 aliphatic rings. The molecule has 0 aromatic heterocycles. The highest BCUT2D eigenvalue weighted by molar-refractivity contribution is 6.04. The summed E-state index contributed by atoms with van der Waals surface area (Å²) in [5.74, 6) is 0.527. The Labute approximate surface area is 188 Å². The van der Waals surface area contributed by atoms with Crippen molar-refractivity contribution in [2.75, 3.05) is 11.9 Å². The summed E-state index contributed by atoms with van der Waals surface area (Å²) < 4.78 is 9.73. The van der Waals surface area contributed by atoms with Gasteiger partial charge in [0.25, 0.3) is 5.91 Å².